The number of aryl methyl sites for hydroxylation is 1. The monoisotopic (exact) mass is 341 g/mol. The first-order chi connectivity index (χ1) is 11.9. The molecule has 2 aromatic rings. The molecule has 25 heavy (non-hydrogen) atoms. The van der Waals surface area contributed by atoms with Gasteiger partial charge in [-0.1, -0.05) is 12.1 Å². The fraction of sp³-hybridized carbons (Fsp3) is 0.263. The van der Waals surface area contributed by atoms with Crippen molar-refractivity contribution in [1.29, 1.82) is 0 Å². The molecule has 0 aliphatic carbocycles. The third-order valence-electron chi connectivity index (χ3n) is 3.57. The Morgan fingerprint density at radius 2 is 1.76 bits per heavy atom. The number of hydrogen-bond acceptors (Lipinski definition) is 4. The van der Waals surface area contributed by atoms with Crippen LogP contribution in [0.2, 0.25) is 0 Å². The van der Waals surface area contributed by atoms with Crippen molar-refractivity contribution in [3.8, 4) is 5.75 Å². The number of anilines is 3. The number of amides is 2. The zero-order valence-corrected chi connectivity index (χ0v) is 14.8. The third kappa shape index (κ3) is 5.24. The van der Waals surface area contributed by atoms with Gasteiger partial charge in [0.25, 0.3) is 0 Å². The molecular weight excluding hydrogens is 318 g/mol. The molecule has 0 bridgehead atoms. The first-order valence-electron chi connectivity index (χ1n) is 7.98. The van der Waals surface area contributed by atoms with Gasteiger partial charge in [-0.05, 0) is 49.7 Å². The zero-order chi connectivity index (χ0) is 18.4. The number of rotatable bonds is 6. The highest BCUT2D eigenvalue weighted by molar-refractivity contribution is 5.97. The molecule has 6 heteroatoms. The summed E-state index contributed by atoms with van der Waals surface area (Å²) in [6, 6.07) is 12.3. The number of carbonyl (C=O) groups is 2. The van der Waals surface area contributed by atoms with Gasteiger partial charge in [0.1, 0.15) is 11.8 Å². The normalized spacial score (nSPS) is 11.4. The van der Waals surface area contributed by atoms with Crippen LogP contribution in [-0.4, -0.2) is 25.0 Å². The van der Waals surface area contributed by atoms with E-state index >= 15 is 0 Å². The van der Waals surface area contributed by atoms with E-state index in [4.69, 9.17) is 4.74 Å². The Labute approximate surface area is 147 Å². The maximum Gasteiger partial charge on any atom is 0.246 e. The molecule has 2 rings (SSSR count). The number of ether oxygens (including phenoxy) is 1. The summed E-state index contributed by atoms with van der Waals surface area (Å²) >= 11 is 0. The molecule has 2 amide bonds. The molecule has 0 saturated heterocycles. The van der Waals surface area contributed by atoms with E-state index in [1.807, 2.05) is 31.2 Å². The predicted octanol–water partition coefficient (Wildman–Crippen LogP) is 3.40. The van der Waals surface area contributed by atoms with Crippen molar-refractivity contribution < 1.29 is 14.3 Å². The van der Waals surface area contributed by atoms with Crippen LogP contribution in [0.5, 0.6) is 5.75 Å². The zero-order valence-electron chi connectivity index (χ0n) is 14.8. The highest BCUT2D eigenvalue weighted by Gasteiger charge is 2.15. The number of nitrogens with one attached hydrogen (secondary N) is 3. The lowest BCUT2D eigenvalue weighted by atomic mass is 10.2. The van der Waals surface area contributed by atoms with E-state index in [0.29, 0.717) is 17.1 Å². The van der Waals surface area contributed by atoms with Gasteiger partial charge in [0.2, 0.25) is 11.8 Å². The highest BCUT2D eigenvalue weighted by Crippen LogP contribution is 2.28. The standard InChI is InChI=1S/C19H23N3O3/c1-12-6-5-7-15(10-12)22-19(24)13(2)20-17-11-16(21-14(3)23)8-9-18(17)25-4/h5-11,13,20H,1-4H3,(H,21,23)(H,22,24)/t13-/m1/s1. The molecule has 0 aliphatic heterocycles. The number of carbonyl (C=O) groups excluding carboxylic acids is 2. The Morgan fingerprint density at radius 3 is 2.40 bits per heavy atom. The fourth-order valence-corrected chi connectivity index (χ4v) is 2.37. The van der Waals surface area contributed by atoms with Gasteiger partial charge < -0.3 is 20.7 Å². The van der Waals surface area contributed by atoms with Crippen LogP contribution in [0.25, 0.3) is 0 Å². The molecule has 0 spiro atoms. The summed E-state index contributed by atoms with van der Waals surface area (Å²) in [6.45, 7) is 5.17. The molecule has 0 heterocycles. The molecule has 0 aromatic heterocycles. The van der Waals surface area contributed by atoms with Crippen LogP contribution in [-0.2, 0) is 9.59 Å². The van der Waals surface area contributed by atoms with Gasteiger partial charge >= 0.3 is 0 Å². The maximum absolute atomic E-state index is 12.4. The van der Waals surface area contributed by atoms with Gasteiger partial charge in [0.15, 0.2) is 0 Å². The Morgan fingerprint density at radius 1 is 1.04 bits per heavy atom. The highest BCUT2D eigenvalue weighted by atomic mass is 16.5. The Bertz CT molecular complexity index is 774. The van der Waals surface area contributed by atoms with E-state index in [1.54, 1.807) is 32.2 Å². The predicted molar refractivity (Wildman–Crippen MR) is 100 cm³/mol. The molecule has 3 N–H and O–H groups in total. The number of hydrogen-bond donors (Lipinski definition) is 3. The van der Waals surface area contributed by atoms with Gasteiger partial charge in [-0.15, -0.1) is 0 Å². The summed E-state index contributed by atoms with van der Waals surface area (Å²) in [5, 5.41) is 8.71. The molecule has 0 aliphatic rings. The first kappa shape index (κ1) is 18.3. The second-order valence-corrected chi connectivity index (χ2v) is 5.82. The number of benzene rings is 2. The minimum absolute atomic E-state index is 0.165. The molecule has 132 valence electrons. The molecule has 6 nitrogen and oxygen atoms in total. The lowest BCUT2D eigenvalue weighted by molar-refractivity contribution is -0.116. The van der Waals surface area contributed by atoms with Crippen molar-refractivity contribution in [2.45, 2.75) is 26.8 Å². The maximum atomic E-state index is 12.4. The van der Waals surface area contributed by atoms with Gasteiger partial charge in [-0.2, -0.15) is 0 Å². The van der Waals surface area contributed by atoms with Crippen LogP contribution < -0.4 is 20.7 Å². The second kappa shape index (κ2) is 8.19. The number of methoxy groups -OCH3 is 1. The summed E-state index contributed by atoms with van der Waals surface area (Å²) in [7, 11) is 1.55. The largest absolute Gasteiger partial charge is 0.495 e. The SMILES string of the molecule is COc1ccc(NC(C)=O)cc1N[C@H](C)C(=O)Nc1cccc(C)c1. The lowest BCUT2D eigenvalue weighted by Gasteiger charge is -2.18. The van der Waals surface area contributed by atoms with Crippen LogP contribution in [0.1, 0.15) is 19.4 Å². The van der Waals surface area contributed by atoms with Crippen molar-refractivity contribution in [1.82, 2.24) is 0 Å². The molecule has 0 unspecified atom stereocenters. The van der Waals surface area contributed by atoms with Crippen LogP contribution in [0.15, 0.2) is 42.5 Å². The molecular formula is C19H23N3O3. The van der Waals surface area contributed by atoms with Crippen LogP contribution in [0.3, 0.4) is 0 Å². The lowest BCUT2D eigenvalue weighted by Crippen LogP contribution is -2.32. The van der Waals surface area contributed by atoms with E-state index < -0.39 is 6.04 Å². The Kier molecular flexibility index (Phi) is 6.00. The van der Waals surface area contributed by atoms with Crippen molar-refractivity contribution >= 4 is 28.9 Å². The van der Waals surface area contributed by atoms with Crippen molar-refractivity contribution in [3.05, 3.63) is 48.0 Å². The average Bonchev–Trinajstić information content (AvgIpc) is 2.54. The van der Waals surface area contributed by atoms with E-state index in [1.165, 1.54) is 6.92 Å². The molecule has 0 radical (unpaired) electrons. The quantitative estimate of drug-likeness (QED) is 0.752. The minimum Gasteiger partial charge on any atom is -0.495 e. The van der Waals surface area contributed by atoms with Crippen molar-refractivity contribution in [2.24, 2.45) is 0 Å². The van der Waals surface area contributed by atoms with Gasteiger partial charge in [0, 0.05) is 18.3 Å². The second-order valence-electron chi connectivity index (χ2n) is 5.82. The third-order valence-corrected chi connectivity index (χ3v) is 3.57. The molecule has 0 fully saturated rings. The van der Waals surface area contributed by atoms with E-state index in [9.17, 15) is 9.59 Å². The summed E-state index contributed by atoms with van der Waals surface area (Å²) in [6.07, 6.45) is 0. The summed E-state index contributed by atoms with van der Waals surface area (Å²) < 4.78 is 5.31. The molecule has 0 saturated carbocycles. The van der Waals surface area contributed by atoms with Crippen molar-refractivity contribution in [3.63, 3.8) is 0 Å². The first-order valence-corrected chi connectivity index (χ1v) is 7.98. The van der Waals surface area contributed by atoms with Gasteiger partial charge in [-0.3, -0.25) is 9.59 Å². The summed E-state index contributed by atoms with van der Waals surface area (Å²) in [4.78, 5) is 23.6. The summed E-state index contributed by atoms with van der Waals surface area (Å²) in [5.74, 6) is 0.253. The minimum atomic E-state index is -0.498. The van der Waals surface area contributed by atoms with Crippen LogP contribution in [0, 0.1) is 6.92 Å². The van der Waals surface area contributed by atoms with Crippen molar-refractivity contribution in [2.75, 3.05) is 23.1 Å². The smallest absolute Gasteiger partial charge is 0.246 e. The van der Waals surface area contributed by atoms with Gasteiger partial charge in [0.05, 0.1) is 12.8 Å². The average molecular weight is 341 g/mol. The van der Waals surface area contributed by atoms with E-state index in [2.05, 4.69) is 16.0 Å². The van der Waals surface area contributed by atoms with E-state index in [0.717, 1.165) is 11.3 Å². The van der Waals surface area contributed by atoms with Crippen LogP contribution in [0.4, 0.5) is 17.1 Å². The fourth-order valence-electron chi connectivity index (χ4n) is 2.37. The summed E-state index contributed by atoms with van der Waals surface area (Å²) in [5.41, 5.74) is 3.07. The Hall–Kier alpha value is -3.02. The van der Waals surface area contributed by atoms with E-state index in [-0.39, 0.29) is 11.8 Å². The topological polar surface area (TPSA) is 79.5 Å². The molecule has 1 atom stereocenters. The van der Waals surface area contributed by atoms with Gasteiger partial charge in [-0.25, -0.2) is 0 Å². The van der Waals surface area contributed by atoms with Crippen LogP contribution >= 0.6 is 0 Å². The molecule has 2 aromatic carbocycles. The Balaban J connectivity index is 2.11.